The highest BCUT2D eigenvalue weighted by Crippen LogP contribution is 2.33. The molecule has 3 nitrogen and oxygen atoms in total. The molecule has 2 aromatic rings. The van der Waals surface area contributed by atoms with Crippen LogP contribution in [0.25, 0.3) is 0 Å². The van der Waals surface area contributed by atoms with Crippen molar-refractivity contribution in [3.8, 4) is 5.75 Å². The Balaban J connectivity index is 0.000000268. The van der Waals surface area contributed by atoms with Crippen LogP contribution < -0.4 is 4.74 Å². The first-order valence-corrected chi connectivity index (χ1v) is 7.63. The topological polar surface area (TPSA) is 25.4 Å². The summed E-state index contributed by atoms with van der Waals surface area (Å²) in [7, 11) is 1.61. The van der Waals surface area contributed by atoms with Gasteiger partial charge in [-0.25, -0.2) is 8.78 Å². The molecule has 3 rings (SSSR count). The van der Waals surface area contributed by atoms with E-state index in [9.17, 15) is 8.78 Å². The fourth-order valence-corrected chi connectivity index (χ4v) is 2.50. The first kappa shape index (κ1) is 17.3. The molecule has 1 unspecified atom stereocenters. The van der Waals surface area contributed by atoms with E-state index < -0.39 is 5.92 Å². The van der Waals surface area contributed by atoms with Crippen molar-refractivity contribution in [1.82, 2.24) is 9.88 Å². The number of alkyl halides is 2. The predicted octanol–water partition coefficient (Wildman–Crippen LogP) is 4.18. The zero-order chi connectivity index (χ0) is 16.7. The van der Waals surface area contributed by atoms with Crippen molar-refractivity contribution in [3.63, 3.8) is 0 Å². The van der Waals surface area contributed by atoms with Crippen LogP contribution in [0.3, 0.4) is 0 Å². The van der Waals surface area contributed by atoms with Gasteiger partial charge in [-0.15, -0.1) is 0 Å². The van der Waals surface area contributed by atoms with Gasteiger partial charge in [-0.2, -0.15) is 0 Å². The van der Waals surface area contributed by atoms with Gasteiger partial charge >= 0.3 is 0 Å². The maximum Gasteiger partial charge on any atom is 0.261 e. The molecule has 0 radical (unpaired) electrons. The number of hydrogen-bond donors (Lipinski definition) is 0. The lowest BCUT2D eigenvalue weighted by atomic mass is 10.1. The highest BCUT2D eigenvalue weighted by atomic mass is 19.3. The minimum atomic E-state index is -2.53. The number of pyridine rings is 1. The molecule has 0 amide bonds. The number of halogens is 2. The van der Waals surface area contributed by atoms with E-state index in [4.69, 9.17) is 4.74 Å². The molecule has 0 saturated carbocycles. The van der Waals surface area contributed by atoms with E-state index in [0.717, 1.165) is 11.3 Å². The Hall–Kier alpha value is -2.01. The summed E-state index contributed by atoms with van der Waals surface area (Å²) in [5, 5.41) is 0. The molecule has 1 aliphatic rings. The van der Waals surface area contributed by atoms with Gasteiger partial charge in [-0.05, 0) is 36.8 Å². The van der Waals surface area contributed by atoms with Gasteiger partial charge in [0.2, 0.25) is 0 Å². The molecule has 124 valence electrons. The molecule has 5 heteroatoms. The Labute approximate surface area is 135 Å². The number of aromatic nitrogens is 1. The van der Waals surface area contributed by atoms with E-state index in [0.29, 0.717) is 6.54 Å². The SMILES string of the molecule is COc1ccc(C(C)N2CCC(F)(F)C2)cc1.c1ccncc1. The summed E-state index contributed by atoms with van der Waals surface area (Å²) >= 11 is 0. The largest absolute Gasteiger partial charge is 0.497 e. The molecular formula is C18H22F2N2O. The monoisotopic (exact) mass is 320 g/mol. The van der Waals surface area contributed by atoms with Crippen LogP contribution in [0.4, 0.5) is 8.78 Å². The second-order valence-electron chi connectivity index (χ2n) is 5.55. The molecule has 1 fully saturated rings. The Kier molecular flexibility index (Phi) is 6.04. The summed E-state index contributed by atoms with van der Waals surface area (Å²) in [4.78, 5) is 5.61. The van der Waals surface area contributed by atoms with E-state index in [1.54, 1.807) is 19.5 Å². The van der Waals surface area contributed by atoms with Crippen molar-refractivity contribution in [1.29, 1.82) is 0 Å². The molecule has 1 saturated heterocycles. The predicted molar refractivity (Wildman–Crippen MR) is 86.8 cm³/mol. The van der Waals surface area contributed by atoms with Crippen LogP contribution >= 0.6 is 0 Å². The summed E-state index contributed by atoms with van der Waals surface area (Å²) in [6, 6.07) is 13.3. The lowest BCUT2D eigenvalue weighted by molar-refractivity contribution is 0.00833. The van der Waals surface area contributed by atoms with E-state index in [1.807, 2.05) is 54.3 Å². The minimum absolute atomic E-state index is 0.0225. The van der Waals surface area contributed by atoms with Crippen molar-refractivity contribution in [2.45, 2.75) is 25.3 Å². The fraction of sp³-hybridized carbons (Fsp3) is 0.389. The smallest absolute Gasteiger partial charge is 0.261 e. The Morgan fingerprint density at radius 2 is 1.78 bits per heavy atom. The molecule has 0 spiro atoms. The Morgan fingerprint density at radius 3 is 2.17 bits per heavy atom. The molecule has 1 aromatic carbocycles. The maximum atomic E-state index is 13.1. The molecule has 1 atom stereocenters. The van der Waals surface area contributed by atoms with Crippen LogP contribution in [-0.4, -0.2) is 36.0 Å². The number of methoxy groups -OCH3 is 1. The molecular weight excluding hydrogens is 298 g/mol. The summed E-state index contributed by atoms with van der Waals surface area (Å²) in [5.74, 6) is -1.74. The molecule has 1 aliphatic heterocycles. The van der Waals surface area contributed by atoms with E-state index in [1.165, 1.54) is 0 Å². The van der Waals surface area contributed by atoms with Crippen LogP contribution in [0.15, 0.2) is 54.9 Å². The minimum Gasteiger partial charge on any atom is -0.497 e. The first-order chi connectivity index (χ1) is 11.0. The second-order valence-corrected chi connectivity index (χ2v) is 5.55. The van der Waals surface area contributed by atoms with Gasteiger partial charge in [0.25, 0.3) is 5.92 Å². The molecule has 1 aromatic heterocycles. The Bertz CT molecular complexity index is 549. The highest BCUT2D eigenvalue weighted by molar-refractivity contribution is 5.29. The fourth-order valence-electron chi connectivity index (χ4n) is 2.50. The third-order valence-corrected chi connectivity index (χ3v) is 3.91. The van der Waals surface area contributed by atoms with Crippen molar-refractivity contribution in [2.24, 2.45) is 0 Å². The van der Waals surface area contributed by atoms with Gasteiger partial charge in [-0.3, -0.25) is 9.88 Å². The summed E-state index contributed by atoms with van der Waals surface area (Å²) in [5.41, 5.74) is 1.04. The van der Waals surface area contributed by atoms with Crippen LogP contribution in [0.5, 0.6) is 5.75 Å². The average Bonchev–Trinajstić information content (AvgIpc) is 2.96. The standard InChI is InChI=1S/C13H17F2NO.C5H5N/c1-10(16-8-7-13(14,15)9-16)11-3-5-12(17-2)6-4-11;1-2-4-6-5-3-1/h3-6,10H,7-9H2,1-2H3;1-5H. The van der Waals surface area contributed by atoms with Gasteiger partial charge in [0.05, 0.1) is 13.7 Å². The number of rotatable bonds is 3. The van der Waals surface area contributed by atoms with Gasteiger partial charge in [-0.1, -0.05) is 18.2 Å². The number of ether oxygens (including phenoxy) is 1. The summed E-state index contributed by atoms with van der Waals surface area (Å²) in [6.07, 6.45) is 3.47. The normalized spacial score (nSPS) is 17.9. The zero-order valence-corrected chi connectivity index (χ0v) is 13.5. The van der Waals surface area contributed by atoms with Crippen molar-refractivity contribution >= 4 is 0 Å². The quantitative estimate of drug-likeness (QED) is 0.848. The summed E-state index contributed by atoms with van der Waals surface area (Å²) in [6.45, 7) is 2.28. The van der Waals surface area contributed by atoms with Crippen molar-refractivity contribution in [2.75, 3.05) is 20.2 Å². The number of hydrogen-bond acceptors (Lipinski definition) is 3. The lowest BCUT2D eigenvalue weighted by Gasteiger charge is -2.24. The third kappa shape index (κ3) is 5.28. The maximum absolute atomic E-state index is 13.1. The number of likely N-dealkylation sites (tertiary alicyclic amines) is 1. The second kappa shape index (κ2) is 8.02. The van der Waals surface area contributed by atoms with Gasteiger partial charge in [0.1, 0.15) is 5.75 Å². The molecule has 23 heavy (non-hydrogen) atoms. The van der Waals surface area contributed by atoms with Gasteiger partial charge in [0, 0.05) is 31.4 Å². The van der Waals surface area contributed by atoms with Crippen molar-refractivity contribution < 1.29 is 13.5 Å². The van der Waals surface area contributed by atoms with Crippen LogP contribution in [0.1, 0.15) is 24.9 Å². The molecule has 2 heterocycles. The highest BCUT2D eigenvalue weighted by Gasteiger charge is 2.39. The zero-order valence-electron chi connectivity index (χ0n) is 13.5. The van der Waals surface area contributed by atoms with E-state index >= 15 is 0 Å². The van der Waals surface area contributed by atoms with Crippen LogP contribution in [-0.2, 0) is 0 Å². The van der Waals surface area contributed by atoms with Crippen LogP contribution in [0, 0.1) is 0 Å². The molecule has 0 aliphatic carbocycles. The summed E-state index contributed by atoms with van der Waals surface area (Å²) < 4.78 is 31.3. The molecule has 0 bridgehead atoms. The third-order valence-electron chi connectivity index (χ3n) is 3.91. The van der Waals surface area contributed by atoms with Gasteiger partial charge < -0.3 is 4.74 Å². The average molecular weight is 320 g/mol. The lowest BCUT2D eigenvalue weighted by Crippen LogP contribution is -2.27. The van der Waals surface area contributed by atoms with Crippen LogP contribution in [0.2, 0.25) is 0 Å². The number of benzene rings is 1. The van der Waals surface area contributed by atoms with E-state index in [-0.39, 0.29) is 19.0 Å². The first-order valence-electron chi connectivity index (χ1n) is 7.63. The number of nitrogens with zero attached hydrogens (tertiary/aromatic N) is 2. The van der Waals surface area contributed by atoms with E-state index in [2.05, 4.69) is 4.98 Å². The Morgan fingerprint density at radius 1 is 1.13 bits per heavy atom. The molecule has 0 N–H and O–H groups in total. The van der Waals surface area contributed by atoms with Crippen molar-refractivity contribution in [3.05, 3.63) is 60.4 Å². The van der Waals surface area contributed by atoms with Gasteiger partial charge in [0.15, 0.2) is 0 Å².